The number of nitrogens with one attached hydrogen (secondary N) is 1. The van der Waals surface area contributed by atoms with Gasteiger partial charge in [-0.1, -0.05) is 12.1 Å². The van der Waals surface area contributed by atoms with Gasteiger partial charge in [0.2, 0.25) is 0 Å². The van der Waals surface area contributed by atoms with Gasteiger partial charge in [-0.2, -0.15) is 0 Å². The summed E-state index contributed by atoms with van der Waals surface area (Å²) in [5.41, 5.74) is 2.28. The van der Waals surface area contributed by atoms with Crippen LogP contribution in [0.4, 0.5) is 5.69 Å². The van der Waals surface area contributed by atoms with E-state index in [2.05, 4.69) is 10.3 Å². The summed E-state index contributed by atoms with van der Waals surface area (Å²) in [5.74, 6) is 0.771. The molecule has 0 atom stereocenters. The standard InChI is InChI=1S/C19H18N2O4S/c1-11-7-8-15(22)13(9-11)20-18(23)14-10-26-19(21-14)12-5-4-6-16(24-2)17(12)25-3/h4-10,22H,1-3H3,(H,20,23). The smallest absolute Gasteiger partial charge is 0.275 e. The van der Waals surface area contributed by atoms with E-state index in [9.17, 15) is 9.90 Å². The van der Waals surface area contributed by atoms with Crippen LogP contribution in [0.1, 0.15) is 16.1 Å². The number of phenolic OH excluding ortho intramolecular Hbond substituents is 1. The quantitative estimate of drug-likeness (QED) is 0.661. The second-order valence-corrected chi connectivity index (χ2v) is 6.41. The van der Waals surface area contributed by atoms with Gasteiger partial charge in [0.05, 0.1) is 25.5 Å². The highest BCUT2D eigenvalue weighted by Crippen LogP contribution is 2.39. The SMILES string of the molecule is COc1cccc(-c2nc(C(=O)Nc3cc(C)ccc3O)cs2)c1OC. The van der Waals surface area contributed by atoms with Gasteiger partial charge >= 0.3 is 0 Å². The van der Waals surface area contributed by atoms with Crippen LogP contribution in [0.15, 0.2) is 41.8 Å². The maximum Gasteiger partial charge on any atom is 0.275 e. The van der Waals surface area contributed by atoms with Gasteiger partial charge in [-0.05, 0) is 36.8 Å². The number of benzene rings is 2. The molecule has 0 aliphatic rings. The molecular formula is C19H18N2O4S. The summed E-state index contributed by atoms with van der Waals surface area (Å²) in [4.78, 5) is 16.9. The van der Waals surface area contributed by atoms with Crippen molar-refractivity contribution in [1.29, 1.82) is 0 Å². The molecule has 0 saturated carbocycles. The van der Waals surface area contributed by atoms with Crippen LogP contribution in [-0.2, 0) is 0 Å². The molecule has 0 aliphatic carbocycles. The third kappa shape index (κ3) is 3.48. The molecule has 3 aromatic rings. The molecule has 0 unspecified atom stereocenters. The number of amides is 1. The minimum atomic E-state index is -0.393. The van der Waals surface area contributed by atoms with Gasteiger partial charge in [-0.25, -0.2) is 4.98 Å². The van der Waals surface area contributed by atoms with E-state index in [4.69, 9.17) is 9.47 Å². The van der Waals surface area contributed by atoms with E-state index in [1.54, 1.807) is 43.9 Å². The molecule has 0 fully saturated rings. The Hall–Kier alpha value is -3.06. The molecule has 1 amide bonds. The number of aryl methyl sites for hydroxylation is 1. The van der Waals surface area contributed by atoms with Crippen LogP contribution in [0.25, 0.3) is 10.6 Å². The van der Waals surface area contributed by atoms with Crippen molar-refractivity contribution in [3.63, 3.8) is 0 Å². The number of carbonyl (C=O) groups is 1. The fraction of sp³-hybridized carbons (Fsp3) is 0.158. The van der Waals surface area contributed by atoms with Crippen LogP contribution in [0, 0.1) is 6.92 Å². The molecule has 6 nitrogen and oxygen atoms in total. The Morgan fingerprint density at radius 2 is 2.00 bits per heavy atom. The molecule has 134 valence electrons. The first-order valence-corrected chi connectivity index (χ1v) is 8.69. The number of hydrogen-bond acceptors (Lipinski definition) is 6. The Balaban J connectivity index is 1.88. The summed E-state index contributed by atoms with van der Waals surface area (Å²) < 4.78 is 10.7. The average Bonchev–Trinajstić information content (AvgIpc) is 3.14. The summed E-state index contributed by atoms with van der Waals surface area (Å²) in [6.07, 6.45) is 0. The van der Waals surface area contributed by atoms with Crippen LogP contribution < -0.4 is 14.8 Å². The van der Waals surface area contributed by atoms with Crippen LogP contribution in [0.5, 0.6) is 17.2 Å². The zero-order valence-electron chi connectivity index (χ0n) is 14.6. The van der Waals surface area contributed by atoms with Gasteiger partial charge in [0.25, 0.3) is 5.91 Å². The fourth-order valence-electron chi connectivity index (χ4n) is 2.49. The number of ether oxygens (including phenoxy) is 2. The van der Waals surface area contributed by atoms with Crippen molar-refractivity contribution in [2.75, 3.05) is 19.5 Å². The molecule has 2 N–H and O–H groups in total. The van der Waals surface area contributed by atoms with Crippen molar-refractivity contribution in [2.45, 2.75) is 6.92 Å². The minimum Gasteiger partial charge on any atom is -0.506 e. The van der Waals surface area contributed by atoms with E-state index in [1.165, 1.54) is 11.3 Å². The van der Waals surface area contributed by atoms with E-state index in [0.29, 0.717) is 22.2 Å². The number of hydrogen-bond donors (Lipinski definition) is 2. The number of para-hydroxylation sites is 1. The van der Waals surface area contributed by atoms with Gasteiger partial charge in [-0.15, -0.1) is 11.3 Å². The normalized spacial score (nSPS) is 10.4. The lowest BCUT2D eigenvalue weighted by Gasteiger charge is -2.10. The Kier molecular flexibility index (Phi) is 5.09. The number of phenols is 1. The van der Waals surface area contributed by atoms with E-state index in [0.717, 1.165) is 11.1 Å². The number of anilines is 1. The van der Waals surface area contributed by atoms with Gasteiger partial charge in [0.15, 0.2) is 11.5 Å². The Morgan fingerprint density at radius 3 is 2.73 bits per heavy atom. The Labute approximate surface area is 155 Å². The summed E-state index contributed by atoms with van der Waals surface area (Å²) in [6.45, 7) is 1.88. The van der Waals surface area contributed by atoms with Crippen molar-refractivity contribution in [3.05, 3.63) is 53.0 Å². The topological polar surface area (TPSA) is 80.7 Å². The molecule has 1 heterocycles. The minimum absolute atomic E-state index is 0.00821. The molecular weight excluding hydrogens is 352 g/mol. The number of aromatic nitrogens is 1. The summed E-state index contributed by atoms with van der Waals surface area (Å²) in [6, 6.07) is 10.5. The monoisotopic (exact) mass is 370 g/mol. The number of aromatic hydroxyl groups is 1. The number of methoxy groups -OCH3 is 2. The molecule has 7 heteroatoms. The van der Waals surface area contributed by atoms with Crippen LogP contribution >= 0.6 is 11.3 Å². The zero-order chi connectivity index (χ0) is 18.7. The molecule has 0 radical (unpaired) electrons. The molecule has 26 heavy (non-hydrogen) atoms. The Bertz CT molecular complexity index is 952. The first kappa shape index (κ1) is 17.8. The molecule has 0 bridgehead atoms. The average molecular weight is 370 g/mol. The van der Waals surface area contributed by atoms with Crippen molar-refractivity contribution in [3.8, 4) is 27.8 Å². The first-order valence-electron chi connectivity index (χ1n) is 7.81. The maximum atomic E-state index is 12.5. The van der Waals surface area contributed by atoms with Crippen LogP contribution in [-0.4, -0.2) is 30.2 Å². The van der Waals surface area contributed by atoms with Gasteiger partial charge in [-0.3, -0.25) is 4.79 Å². The van der Waals surface area contributed by atoms with Crippen molar-refractivity contribution >= 4 is 22.9 Å². The first-order chi connectivity index (χ1) is 12.5. The van der Waals surface area contributed by atoms with Gasteiger partial charge < -0.3 is 19.9 Å². The highest BCUT2D eigenvalue weighted by atomic mass is 32.1. The second kappa shape index (κ2) is 7.45. The highest BCUT2D eigenvalue weighted by Gasteiger charge is 2.18. The maximum absolute atomic E-state index is 12.5. The van der Waals surface area contributed by atoms with Crippen molar-refractivity contribution in [1.82, 2.24) is 4.98 Å². The molecule has 2 aromatic carbocycles. The summed E-state index contributed by atoms with van der Waals surface area (Å²) >= 11 is 1.33. The van der Waals surface area contributed by atoms with Gasteiger partial charge in [0, 0.05) is 5.38 Å². The predicted octanol–water partition coefficient (Wildman–Crippen LogP) is 4.09. The van der Waals surface area contributed by atoms with E-state index in [-0.39, 0.29) is 11.4 Å². The third-order valence-corrected chi connectivity index (χ3v) is 4.65. The number of thiazole rings is 1. The number of rotatable bonds is 5. The lowest BCUT2D eigenvalue weighted by atomic mass is 10.2. The van der Waals surface area contributed by atoms with E-state index >= 15 is 0 Å². The molecule has 1 aromatic heterocycles. The summed E-state index contributed by atoms with van der Waals surface area (Å²) in [7, 11) is 3.12. The lowest BCUT2D eigenvalue weighted by Crippen LogP contribution is -2.12. The van der Waals surface area contributed by atoms with E-state index < -0.39 is 5.91 Å². The predicted molar refractivity (Wildman–Crippen MR) is 101 cm³/mol. The lowest BCUT2D eigenvalue weighted by molar-refractivity contribution is 0.102. The third-order valence-electron chi connectivity index (χ3n) is 3.77. The molecule has 0 saturated heterocycles. The number of carbonyl (C=O) groups excluding carboxylic acids is 1. The molecule has 3 rings (SSSR count). The number of nitrogens with zero attached hydrogens (tertiary/aromatic N) is 1. The highest BCUT2D eigenvalue weighted by molar-refractivity contribution is 7.13. The van der Waals surface area contributed by atoms with Gasteiger partial charge in [0.1, 0.15) is 16.5 Å². The van der Waals surface area contributed by atoms with Crippen molar-refractivity contribution < 1.29 is 19.4 Å². The molecule has 0 spiro atoms. The van der Waals surface area contributed by atoms with Crippen LogP contribution in [0.2, 0.25) is 0 Å². The summed E-state index contributed by atoms with van der Waals surface area (Å²) in [5, 5.41) is 14.9. The zero-order valence-corrected chi connectivity index (χ0v) is 15.4. The second-order valence-electron chi connectivity index (χ2n) is 5.55. The Morgan fingerprint density at radius 1 is 1.19 bits per heavy atom. The largest absolute Gasteiger partial charge is 0.506 e. The van der Waals surface area contributed by atoms with Crippen molar-refractivity contribution in [2.24, 2.45) is 0 Å². The van der Waals surface area contributed by atoms with E-state index in [1.807, 2.05) is 19.1 Å². The van der Waals surface area contributed by atoms with Crippen LogP contribution in [0.3, 0.4) is 0 Å². The molecule has 0 aliphatic heterocycles. The fourth-order valence-corrected chi connectivity index (χ4v) is 3.32.